The first kappa shape index (κ1) is 31.8. The second kappa shape index (κ2) is 22.0. The lowest BCUT2D eigenvalue weighted by atomic mass is 9.94. The van der Waals surface area contributed by atoms with Gasteiger partial charge in [0.1, 0.15) is 18.3 Å². The van der Waals surface area contributed by atoms with Crippen LogP contribution in [-0.4, -0.2) is 53.1 Å². The van der Waals surface area contributed by atoms with E-state index >= 15 is 0 Å². The van der Waals surface area contributed by atoms with Gasteiger partial charge in [-0.05, 0) is 18.8 Å². The predicted octanol–water partition coefficient (Wildman–Crippen LogP) is 6.90. The van der Waals surface area contributed by atoms with E-state index in [0.717, 1.165) is 12.8 Å². The SMILES string of the molecule is CCCCCCCCCCCCC(CCCCCCCCCC)CO[C@@H]1OC[C@@H](O)[C@@H](O)C1O. The zero-order valence-corrected chi connectivity index (χ0v) is 22.6. The zero-order chi connectivity index (χ0) is 24.9. The molecule has 5 atom stereocenters. The highest BCUT2D eigenvalue weighted by molar-refractivity contribution is 4.82. The summed E-state index contributed by atoms with van der Waals surface area (Å²) in [6, 6.07) is 0. The topological polar surface area (TPSA) is 79.2 Å². The summed E-state index contributed by atoms with van der Waals surface area (Å²) in [5, 5.41) is 29.7. The lowest BCUT2D eigenvalue weighted by molar-refractivity contribution is -0.272. The molecule has 204 valence electrons. The van der Waals surface area contributed by atoms with Crippen LogP contribution in [0.15, 0.2) is 0 Å². The number of unbranched alkanes of at least 4 members (excludes halogenated alkanes) is 16. The molecule has 1 heterocycles. The molecule has 0 bridgehead atoms. The van der Waals surface area contributed by atoms with Gasteiger partial charge in [0, 0.05) is 0 Å². The minimum Gasteiger partial charge on any atom is -0.388 e. The van der Waals surface area contributed by atoms with Crippen molar-refractivity contribution in [3.05, 3.63) is 0 Å². The fraction of sp³-hybridized carbons (Fsp3) is 1.00. The summed E-state index contributed by atoms with van der Waals surface area (Å²) in [6.45, 7) is 5.09. The predicted molar refractivity (Wildman–Crippen MR) is 141 cm³/mol. The summed E-state index contributed by atoms with van der Waals surface area (Å²) in [6.07, 6.45) is 22.1. The number of hydrogen-bond acceptors (Lipinski definition) is 5. The highest BCUT2D eigenvalue weighted by Gasteiger charge is 2.38. The molecule has 0 saturated carbocycles. The van der Waals surface area contributed by atoms with Crippen LogP contribution in [0, 0.1) is 5.92 Å². The number of aliphatic hydroxyl groups is 3. The van der Waals surface area contributed by atoms with Gasteiger partial charge in [-0.25, -0.2) is 0 Å². The van der Waals surface area contributed by atoms with Crippen molar-refractivity contribution < 1.29 is 24.8 Å². The first-order chi connectivity index (χ1) is 16.6. The highest BCUT2D eigenvalue weighted by atomic mass is 16.7. The normalized spacial score (nSPS) is 23.9. The fourth-order valence-corrected chi connectivity index (χ4v) is 4.96. The number of aliphatic hydroxyl groups excluding tert-OH is 3. The van der Waals surface area contributed by atoms with Crippen molar-refractivity contribution in [2.24, 2.45) is 5.92 Å². The second-order valence-corrected chi connectivity index (χ2v) is 10.7. The highest BCUT2D eigenvalue weighted by Crippen LogP contribution is 2.23. The summed E-state index contributed by atoms with van der Waals surface area (Å²) >= 11 is 0. The summed E-state index contributed by atoms with van der Waals surface area (Å²) < 4.78 is 11.3. The third kappa shape index (κ3) is 15.7. The van der Waals surface area contributed by atoms with Crippen LogP contribution < -0.4 is 0 Å². The van der Waals surface area contributed by atoms with Crippen molar-refractivity contribution in [3.63, 3.8) is 0 Å². The van der Waals surface area contributed by atoms with Gasteiger partial charge in [0.25, 0.3) is 0 Å². The largest absolute Gasteiger partial charge is 0.388 e. The molecule has 2 unspecified atom stereocenters. The maximum absolute atomic E-state index is 10.2. The van der Waals surface area contributed by atoms with Gasteiger partial charge in [-0.1, -0.05) is 129 Å². The molecule has 0 radical (unpaired) electrons. The van der Waals surface area contributed by atoms with Crippen molar-refractivity contribution >= 4 is 0 Å². The molecule has 1 saturated heterocycles. The maximum atomic E-state index is 10.2. The van der Waals surface area contributed by atoms with E-state index in [1.807, 2.05) is 0 Å². The summed E-state index contributed by atoms with van der Waals surface area (Å²) in [5.74, 6) is 0.467. The number of rotatable bonds is 23. The van der Waals surface area contributed by atoms with Crippen molar-refractivity contribution in [1.82, 2.24) is 0 Å². The Morgan fingerprint density at radius 3 is 1.47 bits per heavy atom. The first-order valence-corrected chi connectivity index (χ1v) is 14.9. The maximum Gasteiger partial charge on any atom is 0.186 e. The molecule has 0 aromatic carbocycles. The minimum atomic E-state index is -1.20. The van der Waals surface area contributed by atoms with Crippen LogP contribution in [0.4, 0.5) is 0 Å². The molecule has 0 spiro atoms. The summed E-state index contributed by atoms with van der Waals surface area (Å²) in [7, 11) is 0. The molecule has 34 heavy (non-hydrogen) atoms. The molecular formula is C29H58O5. The van der Waals surface area contributed by atoms with Gasteiger partial charge in [-0.3, -0.25) is 0 Å². The Bertz CT molecular complexity index is 433. The van der Waals surface area contributed by atoms with Crippen LogP contribution in [0.1, 0.15) is 142 Å². The average Bonchev–Trinajstić information content (AvgIpc) is 2.84. The number of hydrogen-bond donors (Lipinski definition) is 3. The Hall–Kier alpha value is -0.200. The Morgan fingerprint density at radius 1 is 0.618 bits per heavy atom. The Morgan fingerprint density at radius 2 is 1.03 bits per heavy atom. The van der Waals surface area contributed by atoms with Gasteiger partial charge in [-0.15, -0.1) is 0 Å². The van der Waals surface area contributed by atoms with Crippen LogP contribution in [0.3, 0.4) is 0 Å². The van der Waals surface area contributed by atoms with E-state index in [2.05, 4.69) is 13.8 Å². The molecule has 1 fully saturated rings. The Labute approximate surface area is 211 Å². The van der Waals surface area contributed by atoms with Crippen molar-refractivity contribution in [2.75, 3.05) is 13.2 Å². The van der Waals surface area contributed by atoms with E-state index in [0.29, 0.717) is 12.5 Å². The van der Waals surface area contributed by atoms with Gasteiger partial charge < -0.3 is 24.8 Å². The molecule has 1 aliphatic heterocycles. The first-order valence-electron chi connectivity index (χ1n) is 14.9. The Balaban J connectivity index is 2.25. The van der Waals surface area contributed by atoms with Gasteiger partial charge in [0.05, 0.1) is 13.2 Å². The van der Waals surface area contributed by atoms with Gasteiger partial charge >= 0.3 is 0 Å². The van der Waals surface area contributed by atoms with E-state index in [9.17, 15) is 15.3 Å². The Kier molecular flexibility index (Phi) is 20.6. The molecule has 3 N–H and O–H groups in total. The molecule has 1 rings (SSSR count). The van der Waals surface area contributed by atoms with E-state index in [-0.39, 0.29) is 6.61 Å². The van der Waals surface area contributed by atoms with Gasteiger partial charge in [0.2, 0.25) is 0 Å². The zero-order valence-electron chi connectivity index (χ0n) is 22.6. The standard InChI is InChI=1S/C29H58O5/c1-3-5-7-9-11-13-14-16-18-20-22-25(21-19-17-15-12-10-8-6-4-2)23-33-29-28(32)27(31)26(30)24-34-29/h25-32H,3-24H2,1-2H3/t25?,26-,27-,28?,29-/m1/s1. The molecule has 0 amide bonds. The molecule has 0 aromatic rings. The molecular weight excluding hydrogens is 428 g/mol. The quantitative estimate of drug-likeness (QED) is 0.137. The van der Waals surface area contributed by atoms with E-state index in [1.165, 1.54) is 116 Å². The van der Waals surface area contributed by atoms with Crippen LogP contribution in [-0.2, 0) is 9.47 Å². The summed E-state index contributed by atoms with van der Waals surface area (Å²) in [5.41, 5.74) is 0. The fourth-order valence-electron chi connectivity index (χ4n) is 4.96. The number of ether oxygens (including phenoxy) is 2. The minimum absolute atomic E-state index is 0.00400. The smallest absolute Gasteiger partial charge is 0.186 e. The molecule has 1 aliphatic rings. The van der Waals surface area contributed by atoms with Crippen molar-refractivity contribution in [2.45, 2.75) is 167 Å². The second-order valence-electron chi connectivity index (χ2n) is 10.7. The van der Waals surface area contributed by atoms with Gasteiger partial charge in [0.15, 0.2) is 6.29 Å². The average molecular weight is 487 g/mol. The monoisotopic (exact) mass is 486 g/mol. The van der Waals surface area contributed by atoms with E-state index in [4.69, 9.17) is 9.47 Å². The van der Waals surface area contributed by atoms with Crippen LogP contribution in [0.25, 0.3) is 0 Å². The van der Waals surface area contributed by atoms with Crippen molar-refractivity contribution in [1.29, 1.82) is 0 Å². The van der Waals surface area contributed by atoms with E-state index in [1.54, 1.807) is 0 Å². The molecule has 0 aliphatic carbocycles. The summed E-state index contributed by atoms with van der Waals surface area (Å²) in [4.78, 5) is 0. The van der Waals surface area contributed by atoms with Crippen LogP contribution in [0.5, 0.6) is 0 Å². The third-order valence-corrected chi connectivity index (χ3v) is 7.38. The third-order valence-electron chi connectivity index (χ3n) is 7.38. The molecule has 5 nitrogen and oxygen atoms in total. The molecule has 0 aromatic heterocycles. The lowest BCUT2D eigenvalue weighted by Gasteiger charge is -2.35. The van der Waals surface area contributed by atoms with Gasteiger partial charge in [-0.2, -0.15) is 0 Å². The van der Waals surface area contributed by atoms with E-state index < -0.39 is 24.6 Å². The van der Waals surface area contributed by atoms with Crippen LogP contribution >= 0.6 is 0 Å². The molecule has 5 heteroatoms. The van der Waals surface area contributed by atoms with Crippen LogP contribution in [0.2, 0.25) is 0 Å². The van der Waals surface area contributed by atoms with Crippen molar-refractivity contribution in [3.8, 4) is 0 Å². The lowest BCUT2D eigenvalue weighted by Crippen LogP contribution is -2.53.